The van der Waals surface area contributed by atoms with Crippen molar-refractivity contribution in [3.63, 3.8) is 0 Å². The quantitative estimate of drug-likeness (QED) is 0.590. The van der Waals surface area contributed by atoms with Gasteiger partial charge in [0.2, 0.25) is 0 Å². The maximum Gasteiger partial charge on any atom is 0.416 e. The normalized spacial score (nSPS) is 12.1. The third kappa shape index (κ3) is 5.74. The first kappa shape index (κ1) is 26.0. The zero-order valence-corrected chi connectivity index (χ0v) is 17.4. The molecular formula is C19H20F6N4O4. The Morgan fingerprint density at radius 3 is 2.09 bits per heavy atom. The number of hydrogen-bond acceptors (Lipinski definition) is 5. The molecule has 182 valence electrons. The fourth-order valence-corrected chi connectivity index (χ4v) is 3.02. The number of H-pyrrole nitrogens is 1. The first-order valence-electron chi connectivity index (χ1n) is 9.45. The van der Waals surface area contributed by atoms with Crippen molar-refractivity contribution in [1.29, 1.82) is 0 Å². The number of hydrogen-bond donors (Lipinski definition) is 2. The first-order chi connectivity index (χ1) is 15.2. The van der Waals surface area contributed by atoms with Crippen molar-refractivity contribution in [2.45, 2.75) is 32.2 Å². The summed E-state index contributed by atoms with van der Waals surface area (Å²) < 4.78 is 85.0. The van der Waals surface area contributed by atoms with E-state index < -0.39 is 64.2 Å². The molecule has 0 radical (unpaired) electrons. The Morgan fingerprint density at radius 2 is 1.64 bits per heavy atom. The lowest BCUT2D eigenvalue weighted by molar-refractivity contribution is -0.143. The highest BCUT2D eigenvalue weighted by atomic mass is 19.4. The molecule has 3 N–H and O–H groups in total. The largest absolute Gasteiger partial charge is 0.416 e. The van der Waals surface area contributed by atoms with E-state index in [-0.39, 0.29) is 31.4 Å². The van der Waals surface area contributed by atoms with Crippen LogP contribution in [0.15, 0.2) is 27.8 Å². The van der Waals surface area contributed by atoms with Gasteiger partial charge in [-0.1, -0.05) is 6.92 Å². The van der Waals surface area contributed by atoms with Gasteiger partial charge in [-0.25, -0.2) is 4.79 Å². The molecule has 14 heteroatoms. The molecule has 0 unspecified atom stereocenters. The Kier molecular flexibility index (Phi) is 7.62. The lowest BCUT2D eigenvalue weighted by atomic mass is 10.0. The van der Waals surface area contributed by atoms with E-state index in [4.69, 9.17) is 10.5 Å². The van der Waals surface area contributed by atoms with Crippen LogP contribution in [0.25, 0.3) is 0 Å². The van der Waals surface area contributed by atoms with Gasteiger partial charge in [0.25, 0.3) is 11.5 Å². The summed E-state index contributed by atoms with van der Waals surface area (Å²) in [7, 11) is 1.22. The van der Waals surface area contributed by atoms with Crippen LogP contribution in [0.2, 0.25) is 0 Å². The van der Waals surface area contributed by atoms with Crippen molar-refractivity contribution >= 4 is 17.4 Å². The molecule has 1 heterocycles. The maximum absolute atomic E-state index is 13.2. The topological polar surface area (TPSA) is 110 Å². The number of nitrogen functional groups attached to an aromatic ring is 1. The standard InChI is InChI=1S/C19H20F6N4O4/c1-3-4-29-14(26)13(15(30)27-17(29)32)28(5-6-33-2)16(31)10-7-11(18(20,21)22)9-12(8-10)19(23,24)25/h7-9H,3-6,26H2,1-2H3,(H,27,30,32). The molecular weight excluding hydrogens is 462 g/mol. The lowest BCUT2D eigenvalue weighted by Gasteiger charge is -2.25. The van der Waals surface area contributed by atoms with Crippen LogP contribution in [0.4, 0.5) is 37.8 Å². The number of nitrogens with zero attached hydrogens (tertiary/aromatic N) is 2. The summed E-state index contributed by atoms with van der Waals surface area (Å²) >= 11 is 0. The molecule has 0 aliphatic carbocycles. The Balaban J connectivity index is 2.76. The third-order valence-corrected chi connectivity index (χ3v) is 4.53. The fourth-order valence-electron chi connectivity index (χ4n) is 3.02. The van der Waals surface area contributed by atoms with Gasteiger partial charge in [-0.2, -0.15) is 26.3 Å². The average Bonchev–Trinajstić information content (AvgIpc) is 2.71. The summed E-state index contributed by atoms with van der Waals surface area (Å²) in [5, 5.41) is 0. The molecule has 0 saturated heterocycles. The van der Waals surface area contributed by atoms with Crippen LogP contribution in [-0.2, 0) is 23.6 Å². The van der Waals surface area contributed by atoms with Gasteiger partial charge in [-0.05, 0) is 24.6 Å². The second-order valence-electron chi connectivity index (χ2n) is 6.89. The number of methoxy groups -OCH3 is 1. The zero-order chi connectivity index (χ0) is 25.1. The van der Waals surface area contributed by atoms with E-state index in [0.717, 1.165) is 4.57 Å². The highest BCUT2D eigenvalue weighted by Gasteiger charge is 2.38. The predicted molar refractivity (Wildman–Crippen MR) is 106 cm³/mol. The van der Waals surface area contributed by atoms with Gasteiger partial charge in [0.1, 0.15) is 5.82 Å². The number of rotatable bonds is 7. The van der Waals surface area contributed by atoms with Gasteiger partial charge in [-0.15, -0.1) is 0 Å². The molecule has 0 bridgehead atoms. The Bertz CT molecular complexity index is 1100. The van der Waals surface area contributed by atoms with E-state index in [1.54, 1.807) is 6.92 Å². The van der Waals surface area contributed by atoms with Crippen molar-refractivity contribution in [2.24, 2.45) is 0 Å². The minimum Gasteiger partial charge on any atom is -0.383 e. The number of anilines is 2. The van der Waals surface area contributed by atoms with Gasteiger partial charge < -0.3 is 10.5 Å². The van der Waals surface area contributed by atoms with Gasteiger partial charge in [-0.3, -0.25) is 24.0 Å². The van der Waals surface area contributed by atoms with Gasteiger partial charge >= 0.3 is 18.0 Å². The third-order valence-electron chi connectivity index (χ3n) is 4.53. The summed E-state index contributed by atoms with van der Waals surface area (Å²) in [6, 6.07) is 0.354. The monoisotopic (exact) mass is 482 g/mol. The molecule has 0 atom stereocenters. The Morgan fingerprint density at radius 1 is 1.09 bits per heavy atom. The van der Waals surface area contributed by atoms with Crippen LogP contribution in [0.3, 0.4) is 0 Å². The van der Waals surface area contributed by atoms with Crippen LogP contribution in [0.1, 0.15) is 34.8 Å². The van der Waals surface area contributed by atoms with Crippen molar-refractivity contribution in [1.82, 2.24) is 9.55 Å². The van der Waals surface area contributed by atoms with Gasteiger partial charge in [0.15, 0.2) is 5.69 Å². The molecule has 0 fully saturated rings. The van der Waals surface area contributed by atoms with Gasteiger partial charge in [0.05, 0.1) is 17.7 Å². The number of aromatic amines is 1. The summed E-state index contributed by atoms with van der Waals surface area (Å²) in [4.78, 5) is 40.1. The molecule has 2 aromatic rings. The lowest BCUT2D eigenvalue weighted by Crippen LogP contribution is -2.42. The highest BCUT2D eigenvalue weighted by molar-refractivity contribution is 6.07. The van der Waals surface area contributed by atoms with Crippen molar-refractivity contribution < 1.29 is 35.9 Å². The Labute approximate surface area is 182 Å². The smallest absolute Gasteiger partial charge is 0.383 e. The molecule has 0 saturated carbocycles. The van der Waals surface area contributed by atoms with Gasteiger partial charge in [0, 0.05) is 25.8 Å². The number of carbonyl (C=O) groups is 1. The molecule has 0 aliphatic rings. The van der Waals surface area contributed by atoms with E-state index in [1.807, 2.05) is 4.98 Å². The van der Waals surface area contributed by atoms with E-state index >= 15 is 0 Å². The Hall–Kier alpha value is -3.29. The number of halogens is 6. The molecule has 1 aromatic carbocycles. The van der Waals surface area contributed by atoms with Crippen molar-refractivity contribution in [3.05, 3.63) is 55.7 Å². The minimum atomic E-state index is -5.18. The first-order valence-corrected chi connectivity index (χ1v) is 9.45. The van der Waals surface area contributed by atoms with E-state index in [0.29, 0.717) is 11.3 Å². The number of aromatic nitrogens is 2. The van der Waals surface area contributed by atoms with Crippen molar-refractivity contribution in [2.75, 3.05) is 30.9 Å². The SMILES string of the molecule is CCCn1c(N)c(N(CCOC)C(=O)c2cc(C(F)(F)F)cc(C(F)(F)F)c2)c(=O)[nH]c1=O. The maximum atomic E-state index is 13.2. The number of alkyl halides is 6. The molecule has 1 aromatic heterocycles. The molecule has 0 spiro atoms. The molecule has 0 aliphatic heterocycles. The number of amides is 1. The summed E-state index contributed by atoms with van der Waals surface area (Å²) in [6.07, 6.45) is -9.97. The van der Waals surface area contributed by atoms with E-state index in [1.165, 1.54) is 7.11 Å². The van der Waals surface area contributed by atoms with Crippen LogP contribution in [0.5, 0.6) is 0 Å². The summed E-state index contributed by atoms with van der Waals surface area (Å²) in [6.45, 7) is 1.02. The molecule has 33 heavy (non-hydrogen) atoms. The summed E-state index contributed by atoms with van der Waals surface area (Å²) in [5.74, 6) is -1.85. The predicted octanol–water partition coefficient (Wildman–Crippen LogP) is 2.86. The van der Waals surface area contributed by atoms with E-state index in [2.05, 4.69) is 0 Å². The van der Waals surface area contributed by atoms with Crippen LogP contribution >= 0.6 is 0 Å². The molecule has 1 amide bonds. The highest BCUT2D eigenvalue weighted by Crippen LogP contribution is 2.36. The average molecular weight is 482 g/mol. The number of benzene rings is 1. The fraction of sp³-hybridized carbons (Fsp3) is 0.421. The number of carbonyl (C=O) groups excluding carboxylic acids is 1. The zero-order valence-electron chi connectivity index (χ0n) is 17.4. The number of nitrogens with two attached hydrogens (primary N) is 1. The van der Waals surface area contributed by atoms with Crippen LogP contribution in [-0.4, -0.2) is 35.7 Å². The minimum absolute atomic E-state index is 0.0303. The second kappa shape index (κ2) is 9.68. The van der Waals surface area contributed by atoms with Crippen LogP contribution in [0, 0.1) is 0 Å². The molecule has 8 nitrogen and oxygen atoms in total. The van der Waals surface area contributed by atoms with Crippen molar-refractivity contribution in [3.8, 4) is 0 Å². The second-order valence-corrected chi connectivity index (χ2v) is 6.89. The number of nitrogens with one attached hydrogen (secondary N) is 1. The molecule has 2 rings (SSSR count). The van der Waals surface area contributed by atoms with E-state index in [9.17, 15) is 40.7 Å². The number of ether oxygens (including phenoxy) is 1. The van der Waals surface area contributed by atoms with Crippen LogP contribution < -0.4 is 21.9 Å². The summed E-state index contributed by atoms with van der Waals surface area (Å²) in [5.41, 5.74) is -1.12.